The Bertz CT molecular complexity index is 470. The highest BCUT2D eigenvalue weighted by molar-refractivity contribution is 8.03. The van der Waals surface area contributed by atoms with Crippen LogP contribution in [0.2, 0.25) is 0 Å². The van der Waals surface area contributed by atoms with Crippen molar-refractivity contribution in [2.75, 3.05) is 25.6 Å². The van der Waals surface area contributed by atoms with E-state index in [1.807, 2.05) is 36.1 Å². The molecule has 1 aliphatic rings. The molecule has 1 N–H and O–H groups in total. The Morgan fingerprint density at radius 1 is 1.47 bits per heavy atom. The van der Waals surface area contributed by atoms with Gasteiger partial charge < -0.3 is 9.84 Å². The van der Waals surface area contributed by atoms with E-state index in [9.17, 15) is 4.79 Å². The zero-order valence-electron chi connectivity index (χ0n) is 10.8. The standard InChI is InChI=1S/C14H17NO3S/c1-2-18-12-5-3-11(4-6-12)7-13-8-15(10-19-13)9-14(16)17/h3-7H,2,8-10H2,1H3,(H,16,17). The van der Waals surface area contributed by atoms with Gasteiger partial charge in [-0.05, 0) is 30.7 Å². The number of hydrogen-bond donors (Lipinski definition) is 1. The molecule has 0 aromatic heterocycles. The first-order chi connectivity index (χ1) is 9.17. The van der Waals surface area contributed by atoms with Gasteiger partial charge in [-0.1, -0.05) is 12.1 Å². The lowest BCUT2D eigenvalue weighted by Crippen LogP contribution is -2.26. The quantitative estimate of drug-likeness (QED) is 0.897. The van der Waals surface area contributed by atoms with E-state index < -0.39 is 5.97 Å². The second kappa shape index (κ2) is 6.63. The van der Waals surface area contributed by atoms with Gasteiger partial charge in [0.15, 0.2) is 0 Å². The average Bonchev–Trinajstić information content (AvgIpc) is 2.78. The van der Waals surface area contributed by atoms with E-state index in [1.54, 1.807) is 11.8 Å². The first-order valence-corrected chi connectivity index (χ1v) is 7.16. The Balaban J connectivity index is 1.96. The molecule has 1 fully saturated rings. The zero-order valence-corrected chi connectivity index (χ0v) is 11.7. The second-order valence-corrected chi connectivity index (χ2v) is 5.34. The van der Waals surface area contributed by atoms with E-state index in [1.165, 1.54) is 4.91 Å². The highest BCUT2D eigenvalue weighted by atomic mass is 32.2. The number of thioether (sulfide) groups is 1. The number of hydrogen-bond acceptors (Lipinski definition) is 4. The highest BCUT2D eigenvalue weighted by Crippen LogP contribution is 2.28. The van der Waals surface area contributed by atoms with Crippen molar-refractivity contribution in [3.8, 4) is 5.75 Å². The van der Waals surface area contributed by atoms with Gasteiger partial charge >= 0.3 is 5.97 Å². The van der Waals surface area contributed by atoms with Gasteiger partial charge in [0.25, 0.3) is 0 Å². The molecule has 4 nitrogen and oxygen atoms in total. The van der Waals surface area contributed by atoms with Crippen LogP contribution in [-0.4, -0.2) is 41.5 Å². The Kier molecular flexibility index (Phi) is 4.87. The van der Waals surface area contributed by atoms with Crippen LogP contribution in [0.5, 0.6) is 5.75 Å². The average molecular weight is 279 g/mol. The van der Waals surface area contributed by atoms with Crippen LogP contribution < -0.4 is 4.74 Å². The topological polar surface area (TPSA) is 49.8 Å². The second-order valence-electron chi connectivity index (χ2n) is 4.27. The van der Waals surface area contributed by atoms with Crippen molar-refractivity contribution in [2.45, 2.75) is 6.92 Å². The third-order valence-electron chi connectivity index (χ3n) is 2.69. The molecule has 1 aromatic carbocycles. The highest BCUT2D eigenvalue weighted by Gasteiger charge is 2.19. The SMILES string of the molecule is CCOc1ccc(C=C2CN(CC(=O)O)CS2)cc1. The van der Waals surface area contributed by atoms with E-state index in [0.717, 1.165) is 17.2 Å². The van der Waals surface area contributed by atoms with Gasteiger partial charge in [0.2, 0.25) is 0 Å². The normalized spacial score (nSPS) is 17.8. The summed E-state index contributed by atoms with van der Waals surface area (Å²) >= 11 is 1.69. The predicted molar refractivity (Wildman–Crippen MR) is 77.3 cm³/mol. The van der Waals surface area contributed by atoms with Crippen molar-refractivity contribution >= 4 is 23.8 Å². The predicted octanol–water partition coefficient (Wildman–Crippen LogP) is 2.52. The van der Waals surface area contributed by atoms with E-state index in [4.69, 9.17) is 9.84 Å². The van der Waals surface area contributed by atoms with Gasteiger partial charge in [0.05, 0.1) is 13.2 Å². The maximum Gasteiger partial charge on any atom is 0.317 e. The molecule has 0 bridgehead atoms. The molecule has 5 heteroatoms. The molecular weight excluding hydrogens is 262 g/mol. The van der Waals surface area contributed by atoms with E-state index in [-0.39, 0.29) is 6.54 Å². The number of nitrogens with zero attached hydrogens (tertiary/aromatic N) is 1. The number of rotatable bonds is 5. The van der Waals surface area contributed by atoms with Crippen LogP contribution in [0.15, 0.2) is 29.2 Å². The lowest BCUT2D eigenvalue weighted by atomic mass is 10.2. The molecule has 0 saturated carbocycles. The molecule has 19 heavy (non-hydrogen) atoms. The summed E-state index contributed by atoms with van der Waals surface area (Å²) in [5, 5.41) is 8.75. The molecule has 0 unspecified atom stereocenters. The van der Waals surface area contributed by atoms with Gasteiger partial charge in [-0.2, -0.15) is 0 Å². The summed E-state index contributed by atoms with van der Waals surface area (Å²) in [4.78, 5) is 13.7. The molecule has 0 aliphatic carbocycles. The Morgan fingerprint density at radius 2 is 2.21 bits per heavy atom. The van der Waals surface area contributed by atoms with Crippen molar-refractivity contribution in [2.24, 2.45) is 0 Å². The van der Waals surface area contributed by atoms with E-state index in [0.29, 0.717) is 13.2 Å². The molecule has 1 saturated heterocycles. The first kappa shape index (κ1) is 14.0. The van der Waals surface area contributed by atoms with Gasteiger partial charge in [-0.15, -0.1) is 11.8 Å². The monoisotopic (exact) mass is 279 g/mol. The Morgan fingerprint density at radius 3 is 2.84 bits per heavy atom. The summed E-state index contributed by atoms with van der Waals surface area (Å²) in [5.41, 5.74) is 1.11. The molecule has 0 atom stereocenters. The maximum atomic E-state index is 10.6. The largest absolute Gasteiger partial charge is 0.494 e. The van der Waals surface area contributed by atoms with Crippen LogP contribution in [0.25, 0.3) is 6.08 Å². The third kappa shape index (κ3) is 4.29. The van der Waals surface area contributed by atoms with Gasteiger partial charge in [-0.3, -0.25) is 9.69 Å². The van der Waals surface area contributed by atoms with Crippen molar-refractivity contribution in [3.05, 3.63) is 34.7 Å². The number of ether oxygens (including phenoxy) is 1. The van der Waals surface area contributed by atoms with Crippen LogP contribution in [0.3, 0.4) is 0 Å². The van der Waals surface area contributed by atoms with Gasteiger partial charge in [-0.25, -0.2) is 0 Å². The molecule has 2 rings (SSSR count). The minimum Gasteiger partial charge on any atom is -0.494 e. The van der Waals surface area contributed by atoms with Gasteiger partial charge in [0, 0.05) is 17.3 Å². The molecule has 1 aromatic rings. The molecule has 0 spiro atoms. The lowest BCUT2D eigenvalue weighted by Gasteiger charge is -2.08. The molecular formula is C14H17NO3S. The number of carboxylic acids is 1. The lowest BCUT2D eigenvalue weighted by molar-refractivity contribution is -0.137. The summed E-state index contributed by atoms with van der Waals surface area (Å²) in [6.07, 6.45) is 2.10. The summed E-state index contributed by atoms with van der Waals surface area (Å²) in [7, 11) is 0. The summed E-state index contributed by atoms with van der Waals surface area (Å²) in [6, 6.07) is 7.92. The Hall–Kier alpha value is -1.46. The molecule has 102 valence electrons. The van der Waals surface area contributed by atoms with Crippen LogP contribution in [0.1, 0.15) is 12.5 Å². The third-order valence-corrected chi connectivity index (χ3v) is 3.80. The van der Waals surface area contributed by atoms with Crippen molar-refractivity contribution in [1.82, 2.24) is 4.90 Å². The summed E-state index contributed by atoms with van der Waals surface area (Å²) in [5.74, 6) is 0.842. The van der Waals surface area contributed by atoms with Crippen molar-refractivity contribution in [3.63, 3.8) is 0 Å². The Labute approximate surface area is 117 Å². The molecule has 1 heterocycles. The minimum absolute atomic E-state index is 0.105. The smallest absolute Gasteiger partial charge is 0.317 e. The first-order valence-electron chi connectivity index (χ1n) is 6.17. The summed E-state index contributed by atoms with van der Waals surface area (Å²) < 4.78 is 5.39. The molecule has 0 radical (unpaired) electrons. The van der Waals surface area contributed by atoms with Crippen LogP contribution in [0.4, 0.5) is 0 Å². The number of carboxylic acid groups (broad SMARTS) is 1. The fourth-order valence-electron chi connectivity index (χ4n) is 1.88. The molecule has 0 amide bonds. The van der Waals surface area contributed by atoms with Crippen LogP contribution in [-0.2, 0) is 4.79 Å². The zero-order chi connectivity index (χ0) is 13.7. The molecule has 1 aliphatic heterocycles. The van der Waals surface area contributed by atoms with Crippen molar-refractivity contribution in [1.29, 1.82) is 0 Å². The van der Waals surface area contributed by atoms with Crippen molar-refractivity contribution < 1.29 is 14.6 Å². The number of benzene rings is 1. The maximum absolute atomic E-state index is 10.6. The minimum atomic E-state index is -0.775. The van der Waals surface area contributed by atoms with E-state index >= 15 is 0 Å². The van der Waals surface area contributed by atoms with E-state index in [2.05, 4.69) is 6.08 Å². The number of aliphatic carboxylic acids is 1. The summed E-state index contributed by atoms with van der Waals surface area (Å²) in [6.45, 7) is 3.44. The fourth-order valence-corrected chi connectivity index (χ4v) is 2.90. The number of carbonyl (C=O) groups is 1. The van der Waals surface area contributed by atoms with Crippen LogP contribution in [0, 0.1) is 0 Å². The van der Waals surface area contributed by atoms with Gasteiger partial charge in [0.1, 0.15) is 5.75 Å². The van der Waals surface area contributed by atoms with Crippen LogP contribution >= 0.6 is 11.8 Å². The fraction of sp³-hybridized carbons (Fsp3) is 0.357.